The predicted molar refractivity (Wildman–Crippen MR) is 130 cm³/mol. The van der Waals surface area contributed by atoms with Crippen molar-refractivity contribution in [2.45, 2.75) is 38.5 Å². The fourth-order valence-electron chi connectivity index (χ4n) is 5.97. The highest BCUT2D eigenvalue weighted by molar-refractivity contribution is 5.99. The Morgan fingerprint density at radius 2 is 1.97 bits per heavy atom. The van der Waals surface area contributed by atoms with Crippen LogP contribution in [0.25, 0.3) is 44.6 Å². The number of fused-ring (bicyclic) bond motifs is 5. The summed E-state index contributed by atoms with van der Waals surface area (Å²) in [6.07, 6.45) is 6.13. The molecule has 2 N–H and O–H groups in total. The molecular formula is C26H27N7O. The molecule has 3 fully saturated rings. The molecule has 0 amide bonds. The van der Waals surface area contributed by atoms with Gasteiger partial charge in [-0.2, -0.15) is 5.10 Å². The minimum Gasteiger partial charge on any atom is -0.420 e. The highest BCUT2D eigenvalue weighted by Gasteiger charge is 2.38. The Morgan fingerprint density at radius 1 is 1.09 bits per heavy atom. The second-order valence-corrected chi connectivity index (χ2v) is 10.0. The van der Waals surface area contributed by atoms with Crippen LogP contribution in [0.3, 0.4) is 0 Å². The fourth-order valence-corrected chi connectivity index (χ4v) is 5.97. The first-order valence-electron chi connectivity index (χ1n) is 12.2. The number of hydrogen-bond donors (Lipinski definition) is 2. The molecule has 5 aromatic rings. The van der Waals surface area contributed by atoms with Crippen LogP contribution in [-0.2, 0) is 0 Å². The number of aromatic amines is 2. The molecule has 0 spiro atoms. The van der Waals surface area contributed by atoms with Gasteiger partial charge in [-0.3, -0.25) is 5.10 Å². The van der Waals surface area contributed by atoms with Crippen LogP contribution in [0.2, 0.25) is 0 Å². The summed E-state index contributed by atoms with van der Waals surface area (Å²) in [6.45, 7) is 7.90. The van der Waals surface area contributed by atoms with Crippen molar-refractivity contribution in [1.82, 2.24) is 35.3 Å². The van der Waals surface area contributed by atoms with Crippen molar-refractivity contribution in [3.8, 4) is 22.7 Å². The van der Waals surface area contributed by atoms with Crippen molar-refractivity contribution >= 4 is 21.9 Å². The van der Waals surface area contributed by atoms with E-state index in [0.717, 1.165) is 45.8 Å². The van der Waals surface area contributed by atoms with Gasteiger partial charge in [-0.25, -0.2) is 4.98 Å². The second-order valence-electron chi connectivity index (χ2n) is 10.0. The van der Waals surface area contributed by atoms with Gasteiger partial charge >= 0.3 is 0 Å². The quantitative estimate of drug-likeness (QED) is 0.393. The van der Waals surface area contributed by atoms with Crippen LogP contribution >= 0.6 is 0 Å². The van der Waals surface area contributed by atoms with Gasteiger partial charge in [0.15, 0.2) is 5.65 Å². The van der Waals surface area contributed by atoms with E-state index in [0.29, 0.717) is 23.6 Å². The van der Waals surface area contributed by atoms with Gasteiger partial charge in [0.2, 0.25) is 11.8 Å². The Balaban J connectivity index is 1.31. The summed E-state index contributed by atoms with van der Waals surface area (Å²) >= 11 is 0. The van der Waals surface area contributed by atoms with Crippen molar-refractivity contribution in [2.75, 3.05) is 19.6 Å². The molecule has 3 aliphatic heterocycles. The summed E-state index contributed by atoms with van der Waals surface area (Å²) in [5.74, 6) is 2.75. The van der Waals surface area contributed by atoms with Crippen molar-refractivity contribution in [1.29, 1.82) is 0 Å². The predicted octanol–water partition coefficient (Wildman–Crippen LogP) is 5.09. The maximum Gasteiger partial charge on any atom is 0.247 e. The molecule has 3 saturated heterocycles. The summed E-state index contributed by atoms with van der Waals surface area (Å²) in [4.78, 5) is 10.6. The Morgan fingerprint density at radius 3 is 2.76 bits per heavy atom. The van der Waals surface area contributed by atoms with E-state index in [-0.39, 0.29) is 0 Å². The van der Waals surface area contributed by atoms with Crippen LogP contribution in [0.15, 0.2) is 41.1 Å². The van der Waals surface area contributed by atoms with Crippen LogP contribution < -0.4 is 0 Å². The van der Waals surface area contributed by atoms with E-state index in [1.54, 1.807) is 0 Å². The SMILES string of the molecule is CC(C)c1c(-c2ccnc3[nH]ncc23)[nH]c2ccc(-c3nnc(C4CN5CCC4CC5)o3)cc12. The molecule has 3 aliphatic rings. The van der Waals surface area contributed by atoms with Gasteiger partial charge in [-0.1, -0.05) is 13.8 Å². The van der Waals surface area contributed by atoms with Crippen LogP contribution in [0.4, 0.5) is 0 Å². The number of nitrogens with zero attached hydrogens (tertiary/aromatic N) is 5. The summed E-state index contributed by atoms with van der Waals surface area (Å²) in [5, 5.41) is 18.3. The number of benzene rings is 1. The Hall–Kier alpha value is -3.52. The summed E-state index contributed by atoms with van der Waals surface area (Å²) in [5.41, 5.74) is 6.31. The van der Waals surface area contributed by atoms with E-state index in [2.05, 4.69) is 67.3 Å². The number of nitrogens with one attached hydrogen (secondary N) is 2. The van der Waals surface area contributed by atoms with E-state index < -0.39 is 0 Å². The lowest BCUT2D eigenvalue weighted by atomic mass is 9.79. The summed E-state index contributed by atoms with van der Waals surface area (Å²) in [7, 11) is 0. The number of rotatable bonds is 4. The molecule has 0 aliphatic carbocycles. The average Bonchev–Trinajstić information content (AvgIpc) is 3.62. The molecular weight excluding hydrogens is 426 g/mol. The van der Waals surface area contributed by atoms with Crippen LogP contribution in [0.1, 0.15) is 50.0 Å². The van der Waals surface area contributed by atoms with Crippen molar-refractivity contribution < 1.29 is 4.42 Å². The van der Waals surface area contributed by atoms with Crippen LogP contribution in [0, 0.1) is 5.92 Å². The van der Waals surface area contributed by atoms with Crippen molar-refractivity contribution in [2.24, 2.45) is 5.92 Å². The molecule has 172 valence electrons. The lowest BCUT2D eigenvalue weighted by Crippen LogP contribution is -2.46. The number of pyridine rings is 1. The Bertz CT molecular complexity index is 1500. The third-order valence-electron chi connectivity index (χ3n) is 7.70. The largest absolute Gasteiger partial charge is 0.420 e. The average molecular weight is 454 g/mol. The van der Waals surface area contributed by atoms with Crippen molar-refractivity contribution in [3.05, 3.63) is 48.1 Å². The zero-order valence-electron chi connectivity index (χ0n) is 19.4. The van der Waals surface area contributed by atoms with Crippen LogP contribution in [-0.4, -0.2) is 54.9 Å². The Labute approximate surface area is 196 Å². The fraction of sp³-hybridized carbons (Fsp3) is 0.385. The molecule has 7 heterocycles. The zero-order chi connectivity index (χ0) is 22.8. The molecule has 1 aromatic carbocycles. The maximum absolute atomic E-state index is 6.27. The first-order chi connectivity index (χ1) is 16.7. The van der Waals surface area contributed by atoms with Gasteiger partial charge in [0.1, 0.15) is 0 Å². The topological polar surface area (TPSA) is 99.5 Å². The molecule has 1 atom stereocenters. The molecule has 2 bridgehead atoms. The van der Waals surface area contributed by atoms with Gasteiger partial charge in [0, 0.05) is 40.2 Å². The van der Waals surface area contributed by atoms with Crippen LogP contribution in [0.5, 0.6) is 0 Å². The molecule has 8 rings (SSSR count). The minimum atomic E-state index is 0.319. The van der Waals surface area contributed by atoms with Gasteiger partial charge in [-0.15, -0.1) is 10.2 Å². The number of piperidine rings is 3. The van der Waals surface area contributed by atoms with Crippen molar-refractivity contribution in [3.63, 3.8) is 0 Å². The van der Waals surface area contributed by atoms with Gasteiger partial charge in [0.05, 0.1) is 17.8 Å². The van der Waals surface area contributed by atoms with E-state index in [1.807, 2.05) is 18.5 Å². The monoisotopic (exact) mass is 453 g/mol. The first kappa shape index (κ1) is 19.9. The van der Waals surface area contributed by atoms with E-state index in [9.17, 15) is 0 Å². The van der Waals surface area contributed by atoms with E-state index in [1.165, 1.54) is 36.9 Å². The number of H-pyrrole nitrogens is 2. The standard InChI is InChI=1S/C26H27N7O/c1-14(2)22-18-11-16(25-31-32-26(34-25)20-13-33-9-6-15(20)7-10-33)3-4-21(18)29-23(22)17-5-8-27-24-19(17)12-28-30-24/h3-5,8,11-12,14-15,20,29H,6-7,9-10,13H2,1-2H3,(H,27,28,30). The molecule has 34 heavy (non-hydrogen) atoms. The third-order valence-corrected chi connectivity index (χ3v) is 7.70. The smallest absolute Gasteiger partial charge is 0.247 e. The summed E-state index contributed by atoms with van der Waals surface area (Å²) in [6, 6.07) is 8.42. The van der Waals surface area contributed by atoms with E-state index >= 15 is 0 Å². The third kappa shape index (κ3) is 3.01. The molecule has 8 heteroatoms. The molecule has 0 saturated carbocycles. The first-order valence-corrected chi connectivity index (χ1v) is 12.2. The zero-order valence-corrected chi connectivity index (χ0v) is 19.4. The lowest BCUT2D eigenvalue weighted by Gasteiger charge is -2.43. The highest BCUT2D eigenvalue weighted by atomic mass is 16.4. The van der Waals surface area contributed by atoms with Gasteiger partial charge < -0.3 is 14.3 Å². The number of hydrogen-bond acceptors (Lipinski definition) is 6. The molecule has 4 aromatic heterocycles. The van der Waals surface area contributed by atoms with Gasteiger partial charge in [0.25, 0.3) is 0 Å². The Kier molecular flexibility index (Phi) is 4.39. The van der Waals surface area contributed by atoms with Gasteiger partial charge in [-0.05, 0) is 67.6 Å². The normalized spacial score (nSPS) is 22.4. The molecule has 8 nitrogen and oxygen atoms in total. The highest BCUT2D eigenvalue weighted by Crippen LogP contribution is 2.41. The second kappa shape index (κ2) is 7.50. The molecule has 1 unspecified atom stereocenters. The lowest BCUT2D eigenvalue weighted by molar-refractivity contribution is 0.0758. The summed E-state index contributed by atoms with van der Waals surface area (Å²) < 4.78 is 6.27. The minimum absolute atomic E-state index is 0.319. The maximum atomic E-state index is 6.27. The molecule has 0 radical (unpaired) electrons. The van der Waals surface area contributed by atoms with E-state index in [4.69, 9.17) is 4.42 Å². The number of aromatic nitrogens is 6.